The van der Waals surface area contributed by atoms with Crippen LogP contribution >= 0.6 is 0 Å². The number of anilines is 1. The Labute approximate surface area is 94.0 Å². The second-order valence-electron chi connectivity index (χ2n) is 3.76. The summed E-state index contributed by atoms with van der Waals surface area (Å²) in [5, 5.41) is 3.88. The van der Waals surface area contributed by atoms with Crippen LogP contribution in [-0.2, 0) is 0 Å². The standard InChI is InChI=1S/C12H14N2O2/c1-7-4-9(5-8(2)12(7)15-3)10-6-11(13)16-14-10/h4-6H,13H2,1-3H3. The van der Waals surface area contributed by atoms with E-state index in [1.54, 1.807) is 13.2 Å². The van der Waals surface area contributed by atoms with Crippen molar-refractivity contribution in [1.82, 2.24) is 5.16 Å². The van der Waals surface area contributed by atoms with Crippen LogP contribution in [0.25, 0.3) is 11.3 Å². The molecular formula is C12H14N2O2. The van der Waals surface area contributed by atoms with Crippen LogP contribution in [0.4, 0.5) is 5.88 Å². The molecule has 0 spiro atoms. The van der Waals surface area contributed by atoms with Gasteiger partial charge in [0.05, 0.1) is 7.11 Å². The Morgan fingerprint density at radius 2 is 1.81 bits per heavy atom. The van der Waals surface area contributed by atoms with E-state index in [4.69, 9.17) is 15.0 Å². The number of hydrogen-bond acceptors (Lipinski definition) is 4. The van der Waals surface area contributed by atoms with Gasteiger partial charge in [-0.15, -0.1) is 0 Å². The Bertz CT molecular complexity index is 494. The molecule has 2 N–H and O–H groups in total. The molecule has 1 aromatic heterocycles. The predicted octanol–water partition coefficient (Wildman–Crippen LogP) is 2.55. The topological polar surface area (TPSA) is 61.3 Å². The molecule has 0 aliphatic carbocycles. The van der Waals surface area contributed by atoms with Crippen LogP contribution < -0.4 is 10.5 Å². The first-order valence-corrected chi connectivity index (χ1v) is 4.99. The number of methoxy groups -OCH3 is 1. The Kier molecular flexibility index (Phi) is 2.56. The van der Waals surface area contributed by atoms with Gasteiger partial charge in [-0.1, -0.05) is 5.16 Å². The van der Waals surface area contributed by atoms with Crippen molar-refractivity contribution >= 4 is 5.88 Å². The van der Waals surface area contributed by atoms with E-state index in [-0.39, 0.29) is 0 Å². The molecule has 4 nitrogen and oxygen atoms in total. The summed E-state index contributed by atoms with van der Waals surface area (Å²) in [6.45, 7) is 4.00. The maximum Gasteiger partial charge on any atom is 0.222 e. The second-order valence-corrected chi connectivity index (χ2v) is 3.76. The molecule has 1 heterocycles. The maximum atomic E-state index is 5.49. The van der Waals surface area contributed by atoms with Crippen molar-refractivity contribution in [2.24, 2.45) is 0 Å². The quantitative estimate of drug-likeness (QED) is 0.841. The number of nitrogen functional groups attached to an aromatic ring is 1. The van der Waals surface area contributed by atoms with Gasteiger partial charge < -0.3 is 15.0 Å². The lowest BCUT2D eigenvalue weighted by Crippen LogP contribution is -1.92. The van der Waals surface area contributed by atoms with Gasteiger partial charge in [-0.2, -0.15) is 0 Å². The van der Waals surface area contributed by atoms with E-state index in [2.05, 4.69) is 5.16 Å². The van der Waals surface area contributed by atoms with E-state index in [1.165, 1.54) is 0 Å². The number of aromatic nitrogens is 1. The molecule has 4 heteroatoms. The fourth-order valence-corrected chi connectivity index (χ4v) is 1.85. The highest BCUT2D eigenvalue weighted by atomic mass is 16.5. The van der Waals surface area contributed by atoms with E-state index in [1.807, 2.05) is 26.0 Å². The third-order valence-electron chi connectivity index (χ3n) is 2.49. The first-order valence-electron chi connectivity index (χ1n) is 4.99. The molecular weight excluding hydrogens is 204 g/mol. The molecule has 2 rings (SSSR count). The van der Waals surface area contributed by atoms with Crippen molar-refractivity contribution < 1.29 is 9.26 Å². The predicted molar refractivity (Wildman–Crippen MR) is 62.4 cm³/mol. The van der Waals surface area contributed by atoms with Gasteiger partial charge >= 0.3 is 0 Å². The van der Waals surface area contributed by atoms with Gasteiger partial charge in [0.15, 0.2) is 0 Å². The molecule has 0 fully saturated rings. The van der Waals surface area contributed by atoms with Crippen molar-refractivity contribution in [1.29, 1.82) is 0 Å². The number of nitrogens with zero attached hydrogens (tertiary/aromatic N) is 1. The first kappa shape index (κ1) is 10.5. The molecule has 0 aliphatic heterocycles. The fraction of sp³-hybridized carbons (Fsp3) is 0.250. The van der Waals surface area contributed by atoms with Gasteiger partial charge in [0.1, 0.15) is 11.4 Å². The van der Waals surface area contributed by atoms with Crippen molar-refractivity contribution in [3.63, 3.8) is 0 Å². The fourth-order valence-electron chi connectivity index (χ4n) is 1.85. The van der Waals surface area contributed by atoms with Crippen LogP contribution in [0.2, 0.25) is 0 Å². The van der Waals surface area contributed by atoms with Gasteiger partial charge in [0.25, 0.3) is 0 Å². The minimum absolute atomic E-state index is 0.320. The van der Waals surface area contributed by atoms with E-state index in [9.17, 15) is 0 Å². The van der Waals surface area contributed by atoms with E-state index < -0.39 is 0 Å². The van der Waals surface area contributed by atoms with E-state index in [0.29, 0.717) is 5.88 Å². The van der Waals surface area contributed by atoms with Gasteiger partial charge in [-0.25, -0.2) is 0 Å². The number of rotatable bonds is 2. The normalized spacial score (nSPS) is 10.4. The molecule has 1 aromatic carbocycles. The second kappa shape index (κ2) is 3.89. The molecule has 0 saturated heterocycles. The molecule has 0 radical (unpaired) electrons. The summed E-state index contributed by atoms with van der Waals surface area (Å²) in [5.41, 5.74) is 9.36. The molecule has 0 amide bonds. The zero-order valence-corrected chi connectivity index (χ0v) is 9.57. The lowest BCUT2D eigenvalue weighted by Gasteiger charge is -2.09. The zero-order valence-electron chi connectivity index (χ0n) is 9.57. The van der Waals surface area contributed by atoms with Gasteiger partial charge in [0.2, 0.25) is 5.88 Å². The highest BCUT2D eigenvalue weighted by Crippen LogP contribution is 2.29. The van der Waals surface area contributed by atoms with Gasteiger partial charge in [-0.05, 0) is 37.1 Å². The van der Waals surface area contributed by atoms with Crippen molar-refractivity contribution in [3.05, 3.63) is 29.3 Å². The highest BCUT2D eigenvalue weighted by Gasteiger charge is 2.09. The van der Waals surface area contributed by atoms with Crippen LogP contribution in [0.1, 0.15) is 11.1 Å². The molecule has 0 unspecified atom stereocenters. The number of nitrogens with two attached hydrogens (primary N) is 1. The average Bonchev–Trinajstić information content (AvgIpc) is 2.64. The summed E-state index contributed by atoms with van der Waals surface area (Å²) in [6.07, 6.45) is 0. The lowest BCUT2D eigenvalue weighted by molar-refractivity contribution is 0.408. The van der Waals surface area contributed by atoms with Crippen LogP contribution in [0, 0.1) is 13.8 Å². The summed E-state index contributed by atoms with van der Waals surface area (Å²) in [4.78, 5) is 0. The van der Waals surface area contributed by atoms with Crippen LogP contribution in [0.5, 0.6) is 5.75 Å². The highest BCUT2D eigenvalue weighted by molar-refractivity contribution is 5.65. The number of aryl methyl sites for hydroxylation is 2. The lowest BCUT2D eigenvalue weighted by atomic mass is 10.0. The molecule has 0 saturated carbocycles. The van der Waals surface area contributed by atoms with E-state index >= 15 is 0 Å². The summed E-state index contributed by atoms with van der Waals surface area (Å²) < 4.78 is 10.2. The Balaban J connectivity index is 2.52. The van der Waals surface area contributed by atoms with Crippen LogP contribution in [-0.4, -0.2) is 12.3 Å². The molecule has 0 atom stereocenters. The summed E-state index contributed by atoms with van der Waals surface area (Å²) >= 11 is 0. The molecule has 0 bridgehead atoms. The third-order valence-corrected chi connectivity index (χ3v) is 2.49. The number of benzene rings is 1. The smallest absolute Gasteiger partial charge is 0.222 e. The largest absolute Gasteiger partial charge is 0.496 e. The number of hydrogen-bond donors (Lipinski definition) is 1. The van der Waals surface area contributed by atoms with Crippen molar-refractivity contribution in [2.45, 2.75) is 13.8 Å². The Hall–Kier alpha value is -1.97. The zero-order chi connectivity index (χ0) is 11.7. The van der Waals surface area contributed by atoms with Gasteiger partial charge in [0, 0.05) is 11.6 Å². The first-order chi connectivity index (χ1) is 7.61. The summed E-state index contributed by atoms with van der Waals surface area (Å²) in [6, 6.07) is 5.72. The average molecular weight is 218 g/mol. The van der Waals surface area contributed by atoms with Crippen LogP contribution in [0.3, 0.4) is 0 Å². The maximum absolute atomic E-state index is 5.49. The Morgan fingerprint density at radius 1 is 1.19 bits per heavy atom. The summed E-state index contributed by atoms with van der Waals surface area (Å²) in [5.74, 6) is 1.22. The van der Waals surface area contributed by atoms with Crippen molar-refractivity contribution in [2.75, 3.05) is 12.8 Å². The molecule has 84 valence electrons. The summed E-state index contributed by atoms with van der Waals surface area (Å²) in [7, 11) is 1.67. The number of ether oxygens (including phenoxy) is 1. The van der Waals surface area contributed by atoms with E-state index in [0.717, 1.165) is 28.1 Å². The minimum atomic E-state index is 0.320. The monoisotopic (exact) mass is 218 g/mol. The SMILES string of the molecule is COc1c(C)cc(-c2cc(N)on2)cc1C. The van der Waals surface area contributed by atoms with Crippen molar-refractivity contribution in [3.8, 4) is 17.0 Å². The van der Waals surface area contributed by atoms with Gasteiger partial charge in [-0.3, -0.25) is 0 Å². The molecule has 16 heavy (non-hydrogen) atoms. The third kappa shape index (κ3) is 1.74. The van der Waals surface area contributed by atoms with Crippen LogP contribution in [0.15, 0.2) is 22.7 Å². The minimum Gasteiger partial charge on any atom is -0.496 e. The molecule has 0 aliphatic rings. The molecule has 2 aromatic rings. The Morgan fingerprint density at radius 3 is 2.25 bits per heavy atom.